The fourth-order valence-electron chi connectivity index (χ4n) is 1.35. The number of aliphatic hydroxyl groups excluding tert-OH is 1. The van der Waals surface area contributed by atoms with Crippen molar-refractivity contribution < 1.29 is 9.52 Å². The largest absolute Gasteiger partial charge is 0.466 e. The predicted octanol–water partition coefficient (Wildman–Crippen LogP) is 4.04. The lowest BCUT2D eigenvalue weighted by Crippen LogP contribution is -1.98. The van der Waals surface area contributed by atoms with E-state index in [-0.39, 0.29) is 0 Å². The van der Waals surface area contributed by atoms with E-state index in [4.69, 9.17) is 27.6 Å². The van der Waals surface area contributed by atoms with Gasteiger partial charge in [0, 0.05) is 5.56 Å². The van der Waals surface area contributed by atoms with Crippen molar-refractivity contribution in [2.24, 2.45) is 0 Å². The first-order valence-electron chi connectivity index (χ1n) is 4.26. The van der Waals surface area contributed by atoms with Gasteiger partial charge in [-0.15, -0.1) is 11.3 Å². The van der Waals surface area contributed by atoms with Gasteiger partial charge in [0.2, 0.25) is 0 Å². The SMILES string of the molecule is Cc1ccoc1C(O)c1cc(Cl)sc1Cl. The third-order valence-electron chi connectivity index (χ3n) is 2.13. The fourth-order valence-corrected chi connectivity index (χ4v) is 2.87. The number of furan rings is 1. The maximum atomic E-state index is 10.0. The molecule has 2 heterocycles. The molecular weight excluding hydrogens is 255 g/mol. The molecule has 0 aliphatic heterocycles. The van der Waals surface area contributed by atoms with Gasteiger partial charge in [-0.2, -0.15) is 0 Å². The molecule has 0 aliphatic rings. The van der Waals surface area contributed by atoms with Crippen LogP contribution in [0, 0.1) is 6.92 Å². The van der Waals surface area contributed by atoms with Gasteiger partial charge in [-0.1, -0.05) is 23.2 Å². The molecule has 0 fully saturated rings. The minimum Gasteiger partial charge on any atom is -0.466 e. The average Bonchev–Trinajstić information content (AvgIpc) is 2.71. The highest BCUT2D eigenvalue weighted by Crippen LogP contribution is 2.38. The molecule has 0 saturated carbocycles. The standard InChI is InChI=1S/C10H8Cl2O2S/c1-5-2-3-14-9(5)8(13)6-4-7(11)15-10(6)12/h2-4,8,13H,1H3. The maximum Gasteiger partial charge on any atom is 0.139 e. The zero-order valence-electron chi connectivity index (χ0n) is 7.83. The van der Waals surface area contributed by atoms with E-state index >= 15 is 0 Å². The summed E-state index contributed by atoms with van der Waals surface area (Å²) < 4.78 is 6.24. The third-order valence-corrected chi connectivity index (χ3v) is 3.65. The Hall–Kier alpha value is -0.480. The summed E-state index contributed by atoms with van der Waals surface area (Å²) in [6.07, 6.45) is 0.687. The zero-order valence-corrected chi connectivity index (χ0v) is 10.2. The Kier molecular flexibility index (Phi) is 3.07. The van der Waals surface area contributed by atoms with Crippen molar-refractivity contribution in [3.8, 4) is 0 Å². The van der Waals surface area contributed by atoms with Gasteiger partial charge in [0.25, 0.3) is 0 Å². The molecule has 1 atom stereocenters. The number of hydrogen-bond acceptors (Lipinski definition) is 3. The predicted molar refractivity (Wildman–Crippen MR) is 61.8 cm³/mol. The molecule has 2 aromatic rings. The summed E-state index contributed by atoms with van der Waals surface area (Å²) in [7, 11) is 0. The lowest BCUT2D eigenvalue weighted by Gasteiger charge is -2.07. The molecule has 2 rings (SSSR count). The van der Waals surface area contributed by atoms with Crippen LogP contribution >= 0.6 is 34.5 Å². The van der Waals surface area contributed by atoms with Crippen LogP contribution < -0.4 is 0 Å². The molecule has 0 amide bonds. The lowest BCUT2D eigenvalue weighted by atomic mass is 10.1. The number of hydrogen-bond donors (Lipinski definition) is 1. The Bertz CT molecular complexity index is 475. The van der Waals surface area contributed by atoms with E-state index in [1.54, 1.807) is 12.1 Å². The minimum absolute atomic E-state index is 0.489. The molecule has 0 aliphatic carbocycles. The number of thiophene rings is 1. The second-order valence-electron chi connectivity index (χ2n) is 3.15. The zero-order chi connectivity index (χ0) is 11.0. The van der Waals surface area contributed by atoms with Gasteiger partial charge in [0.05, 0.1) is 10.6 Å². The summed E-state index contributed by atoms with van der Waals surface area (Å²) in [5, 5.41) is 10.0. The van der Waals surface area contributed by atoms with Gasteiger partial charge in [0.15, 0.2) is 0 Å². The van der Waals surface area contributed by atoms with E-state index in [9.17, 15) is 5.11 Å². The second kappa shape index (κ2) is 4.18. The molecule has 80 valence electrons. The fraction of sp³-hybridized carbons (Fsp3) is 0.200. The first-order valence-corrected chi connectivity index (χ1v) is 5.83. The van der Waals surface area contributed by atoms with Crippen molar-refractivity contribution in [2.75, 3.05) is 0 Å². The highest BCUT2D eigenvalue weighted by molar-refractivity contribution is 7.20. The van der Waals surface area contributed by atoms with E-state index in [1.807, 2.05) is 6.92 Å². The van der Waals surface area contributed by atoms with Crippen molar-refractivity contribution >= 4 is 34.5 Å². The summed E-state index contributed by atoms with van der Waals surface area (Å²) >= 11 is 13.0. The quantitative estimate of drug-likeness (QED) is 0.887. The first-order chi connectivity index (χ1) is 7.09. The van der Waals surface area contributed by atoms with Crippen LogP contribution in [-0.2, 0) is 0 Å². The van der Waals surface area contributed by atoms with Crippen LogP contribution in [0.25, 0.3) is 0 Å². The highest BCUT2D eigenvalue weighted by Gasteiger charge is 2.20. The molecule has 0 spiro atoms. The van der Waals surface area contributed by atoms with Crippen LogP contribution in [0.4, 0.5) is 0 Å². The van der Waals surface area contributed by atoms with Crippen LogP contribution in [0.15, 0.2) is 22.8 Å². The second-order valence-corrected chi connectivity index (χ2v) is 5.44. The van der Waals surface area contributed by atoms with Crippen LogP contribution in [-0.4, -0.2) is 5.11 Å². The van der Waals surface area contributed by atoms with Gasteiger partial charge < -0.3 is 9.52 Å². The summed E-state index contributed by atoms with van der Waals surface area (Å²) in [5.41, 5.74) is 1.48. The van der Waals surface area contributed by atoms with Gasteiger partial charge in [-0.05, 0) is 24.6 Å². The van der Waals surface area contributed by atoms with E-state index in [2.05, 4.69) is 0 Å². The number of rotatable bonds is 2. The molecule has 2 aromatic heterocycles. The first kappa shape index (κ1) is 11.0. The highest BCUT2D eigenvalue weighted by atomic mass is 35.5. The molecule has 0 saturated heterocycles. The summed E-state index contributed by atoms with van der Waals surface area (Å²) in [6, 6.07) is 3.45. The molecule has 0 aromatic carbocycles. The minimum atomic E-state index is -0.851. The Morgan fingerprint density at radius 1 is 1.47 bits per heavy atom. The van der Waals surface area contributed by atoms with Crippen LogP contribution in [0.5, 0.6) is 0 Å². The Labute approximate surface area is 101 Å². The van der Waals surface area contributed by atoms with Crippen molar-refractivity contribution in [1.29, 1.82) is 0 Å². The van der Waals surface area contributed by atoms with E-state index in [0.717, 1.165) is 5.56 Å². The van der Waals surface area contributed by atoms with Crippen LogP contribution in [0.1, 0.15) is 23.0 Å². The van der Waals surface area contributed by atoms with E-state index in [1.165, 1.54) is 17.6 Å². The number of halogens is 2. The van der Waals surface area contributed by atoms with Gasteiger partial charge in [-0.3, -0.25) is 0 Å². The molecule has 2 nitrogen and oxygen atoms in total. The molecule has 15 heavy (non-hydrogen) atoms. The summed E-state index contributed by atoms with van der Waals surface area (Å²) in [6.45, 7) is 1.87. The van der Waals surface area contributed by atoms with E-state index in [0.29, 0.717) is 20.0 Å². The normalized spacial score (nSPS) is 13.1. The molecule has 1 N–H and O–H groups in total. The number of aryl methyl sites for hydroxylation is 1. The third kappa shape index (κ3) is 2.06. The monoisotopic (exact) mass is 262 g/mol. The van der Waals surface area contributed by atoms with Crippen molar-refractivity contribution in [1.82, 2.24) is 0 Å². The average molecular weight is 263 g/mol. The Morgan fingerprint density at radius 3 is 2.67 bits per heavy atom. The smallest absolute Gasteiger partial charge is 0.139 e. The van der Waals surface area contributed by atoms with Gasteiger partial charge >= 0.3 is 0 Å². The molecular formula is C10H8Cl2O2S. The molecule has 1 unspecified atom stereocenters. The van der Waals surface area contributed by atoms with Crippen molar-refractivity contribution in [3.63, 3.8) is 0 Å². The van der Waals surface area contributed by atoms with E-state index < -0.39 is 6.10 Å². The summed E-state index contributed by atoms with van der Waals surface area (Å²) in [5.74, 6) is 0.506. The van der Waals surface area contributed by atoms with Crippen LogP contribution in [0.2, 0.25) is 8.67 Å². The number of aliphatic hydroxyl groups is 1. The molecule has 0 radical (unpaired) electrons. The van der Waals surface area contributed by atoms with Crippen molar-refractivity contribution in [3.05, 3.63) is 44.0 Å². The molecule has 5 heteroatoms. The lowest BCUT2D eigenvalue weighted by molar-refractivity contribution is 0.189. The Balaban J connectivity index is 2.40. The Morgan fingerprint density at radius 2 is 2.20 bits per heavy atom. The topological polar surface area (TPSA) is 33.4 Å². The molecule has 0 bridgehead atoms. The van der Waals surface area contributed by atoms with Crippen LogP contribution in [0.3, 0.4) is 0 Å². The van der Waals surface area contributed by atoms with Crippen molar-refractivity contribution in [2.45, 2.75) is 13.0 Å². The summed E-state index contributed by atoms with van der Waals surface area (Å²) in [4.78, 5) is 0. The maximum absolute atomic E-state index is 10.0. The van der Waals surface area contributed by atoms with Gasteiger partial charge in [-0.25, -0.2) is 0 Å². The van der Waals surface area contributed by atoms with Gasteiger partial charge in [0.1, 0.15) is 16.2 Å².